The third-order valence-electron chi connectivity index (χ3n) is 2.42. The van der Waals surface area contributed by atoms with Crippen LogP contribution >= 0.6 is 22.6 Å². The van der Waals surface area contributed by atoms with E-state index in [1.165, 1.54) is 6.20 Å². The molecule has 1 N–H and O–H groups in total. The van der Waals surface area contributed by atoms with Gasteiger partial charge in [-0.25, -0.2) is 4.98 Å². The van der Waals surface area contributed by atoms with Crippen LogP contribution in [-0.4, -0.2) is 24.2 Å². The first-order valence-electron chi connectivity index (χ1n) is 5.13. The van der Waals surface area contributed by atoms with Crippen molar-refractivity contribution < 1.29 is 9.47 Å². The molecular weight excluding hydrogens is 347 g/mol. The highest BCUT2D eigenvalue weighted by atomic mass is 127. The summed E-state index contributed by atoms with van der Waals surface area (Å²) >= 11 is 1.93. The van der Waals surface area contributed by atoms with Gasteiger partial charge in [0.15, 0.2) is 0 Å². The lowest BCUT2D eigenvalue weighted by Gasteiger charge is -2.09. The largest absolute Gasteiger partial charge is 0.497 e. The number of halogens is 1. The van der Waals surface area contributed by atoms with E-state index in [1.54, 1.807) is 32.4 Å². The van der Waals surface area contributed by atoms with Gasteiger partial charge < -0.3 is 14.5 Å². The zero-order chi connectivity index (χ0) is 13.1. The summed E-state index contributed by atoms with van der Waals surface area (Å²) in [4.78, 5) is 18.5. The van der Waals surface area contributed by atoms with Crippen LogP contribution in [0.25, 0.3) is 11.4 Å². The van der Waals surface area contributed by atoms with E-state index in [0.29, 0.717) is 26.5 Å². The normalized spacial score (nSPS) is 10.2. The predicted octanol–water partition coefficient (Wildman–Crippen LogP) is 2.06. The fraction of sp³-hybridized carbons (Fsp3) is 0.167. The minimum Gasteiger partial charge on any atom is -0.497 e. The maximum atomic E-state index is 11.6. The third kappa shape index (κ3) is 2.47. The van der Waals surface area contributed by atoms with Crippen LogP contribution in [-0.2, 0) is 0 Å². The van der Waals surface area contributed by atoms with Gasteiger partial charge in [0.05, 0.1) is 23.4 Å². The zero-order valence-electron chi connectivity index (χ0n) is 9.86. The summed E-state index contributed by atoms with van der Waals surface area (Å²) in [5, 5.41) is 0. The van der Waals surface area contributed by atoms with Gasteiger partial charge in [0.1, 0.15) is 17.3 Å². The van der Waals surface area contributed by atoms with Crippen molar-refractivity contribution in [2.45, 2.75) is 0 Å². The van der Waals surface area contributed by atoms with Crippen molar-refractivity contribution in [2.75, 3.05) is 14.2 Å². The average Bonchev–Trinajstić information content (AvgIpc) is 2.41. The minimum atomic E-state index is -0.175. The highest BCUT2D eigenvalue weighted by Gasteiger charge is 2.10. The molecule has 0 fully saturated rings. The summed E-state index contributed by atoms with van der Waals surface area (Å²) in [5.41, 5.74) is 0.510. The van der Waals surface area contributed by atoms with Gasteiger partial charge in [0.25, 0.3) is 5.56 Å². The Morgan fingerprint density at radius 2 is 2.06 bits per heavy atom. The van der Waals surface area contributed by atoms with Crippen molar-refractivity contribution in [2.24, 2.45) is 0 Å². The number of nitrogens with one attached hydrogen (secondary N) is 1. The Balaban J connectivity index is 2.60. The fourth-order valence-electron chi connectivity index (χ4n) is 1.52. The van der Waals surface area contributed by atoms with Crippen LogP contribution in [0.4, 0.5) is 0 Å². The molecule has 1 heterocycles. The van der Waals surface area contributed by atoms with Crippen molar-refractivity contribution >= 4 is 22.6 Å². The number of ether oxygens (including phenoxy) is 2. The number of methoxy groups -OCH3 is 2. The minimum absolute atomic E-state index is 0.175. The highest BCUT2D eigenvalue weighted by Crippen LogP contribution is 2.30. The van der Waals surface area contributed by atoms with E-state index >= 15 is 0 Å². The van der Waals surface area contributed by atoms with Gasteiger partial charge in [-0.15, -0.1) is 0 Å². The molecule has 0 amide bonds. The molecule has 2 rings (SSSR count). The van der Waals surface area contributed by atoms with Crippen LogP contribution in [0.3, 0.4) is 0 Å². The van der Waals surface area contributed by atoms with Gasteiger partial charge in [-0.05, 0) is 40.8 Å². The van der Waals surface area contributed by atoms with E-state index in [4.69, 9.17) is 9.47 Å². The second-order valence-corrected chi connectivity index (χ2v) is 4.64. The topological polar surface area (TPSA) is 64.2 Å². The molecule has 5 nitrogen and oxygen atoms in total. The smallest absolute Gasteiger partial charge is 0.264 e. The van der Waals surface area contributed by atoms with E-state index in [0.717, 1.165) is 0 Å². The van der Waals surface area contributed by atoms with Crippen LogP contribution in [0.1, 0.15) is 0 Å². The van der Waals surface area contributed by atoms with Crippen LogP contribution in [0.2, 0.25) is 0 Å². The number of aromatic nitrogens is 2. The van der Waals surface area contributed by atoms with Crippen molar-refractivity contribution in [3.05, 3.63) is 38.3 Å². The molecule has 18 heavy (non-hydrogen) atoms. The number of H-pyrrole nitrogens is 1. The first kappa shape index (κ1) is 12.9. The van der Waals surface area contributed by atoms with Gasteiger partial charge in [0.2, 0.25) is 0 Å². The fourth-order valence-corrected chi connectivity index (χ4v) is 1.79. The Bertz CT molecular complexity index is 625. The molecule has 2 aromatic rings. The molecule has 0 radical (unpaired) electrons. The maximum Gasteiger partial charge on any atom is 0.264 e. The van der Waals surface area contributed by atoms with Gasteiger partial charge in [-0.1, -0.05) is 0 Å². The highest BCUT2D eigenvalue weighted by molar-refractivity contribution is 14.1. The molecule has 1 aromatic carbocycles. The predicted molar refractivity (Wildman–Crippen MR) is 76.1 cm³/mol. The number of aromatic amines is 1. The van der Waals surface area contributed by atoms with E-state index < -0.39 is 0 Å². The van der Waals surface area contributed by atoms with Gasteiger partial charge in [-0.2, -0.15) is 0 Å². The SMILES string of the molecule is COc1ccc(OC)c(-c2ncc(I)c(=O)[nH]2)c1. The summed E-state index contributed by atoms with van der Waals surface area (Å²) in [5.74, 6) is 1.75. The summed E-state index contributed by atoms with van der Waals surface area (Å²) in [6, 6.07) is 5.32. The van der Waals surface area contributed by atoms with Crippen molar-refractivity contribution in [1.29, 1.82) is 0 Å². The van der Waals surface area contributed by atoms with Crippen molar-refractivity contribution in [3.63, 3.8) is 0 Å². The lowest BCUT2D eigenvalue weighted by atomic mass is 10.1. The standard InChI is InChI=1S/C12H11IN2O3/c1-17-7-3-4-10(18-2)8(5-7)11-14-6-9(13)12(16)15-11/h3-6H,1-2H3,(H,14,15,16). The number of nitrogens with zero attached hydrogens (tertiary/aromatic N) is 1. The molecule has 0 saturated carbocycles. The summed E-state index contributed by atoms with van der Waals surface area (Å²) < 4.78 is 10.9. The molecule has 0 unspecified atom stereocenters. The quantitative estimate of drug-likeness (QED) is 0.854. The first-order valence-corrected chi connectivity index (χ1v) is 6.21. The maximum absolute atomic E-state index is 11.6. The Hall–Kier alpha value is -1.57. The molecule has 0 aliphatic rings. The Morgan fingerprint density at radius 1 is 1.28 bits per heavy atom. The van der Waals surface area contributed by atoms with Crippen LogP contribution in [0, 0.1) is 3.57 Å². The lowest BCUT2D eigenvalue weighted by Crippen LogP contribution is -2.11. The number of benzene rings is 1. The van der Waals surface area contributed by atoms with Crippen molar-refractivity contribution in [3.8, 4) is 22.9 Å². The second-order valence-electron chi connectivity index (χ2n) is 3.48. The number of rotatable bonds is 3. The lowest BCUT2D eigenvalue weighted by molar-refractivity contribution is 0.404. The molecule has 0 saturated heterocycles. The van der Waals surface area contributed by atoms with E-state index in [2.05, 4.69) is 9.97 Å². The van der Waals surface area contributed by atoms with Gasteiger partial charge in [-0.3, -0.25) is 4.79 Å². The Morgan fingerprint density at radius 3 is 2.67 bits per heavy atom. The molecule has 6 heteroatoms. The monoisotopic (exact) mass is 358 g/mol. The molecule has 0 atom stereocenters. The molecule has 0 spiro atoms. The molecular formula is C12H11IN2O3. The summed E-state index contributed by atoms with van der Waals surface area (Å²) in [6.07, 6.45) is 1.52. The van der Waals surface area contributed by atoms with Crippen LogP contribution < -0.4 is 15.0 Å². The number of hydrogen-bond acceptors (Lipinski definition) is 4. The Labute approximate surface area is 117 Å². The van der Waals surface area contributed by atoms with E-state index in [1.807, 2.05) is 22.6 Å². The van der Waals surface area contributed by atoms with E-state index in [9.17, 15) is 4.79 Å². The zero-order valence-corrected chi connectivity index (χ0v) is 12.0. The summed E-state index contributed by atoms with van der Waals surface area (Å²) in [6.45, 7) is 0. The Kier molecular flexibility index (Phi) is 3.85. The van der Waals surface area contributed by atoms with E-state index in [-0.39, 0.29) is 5.56 Å². The third-order valence-corrected chi connectivity index (χ3v) is 3.19. The van der Waals surface area contributed by atoms with Gasteiger partial charge >= 0.3 is 0 Å². The van der Waals surface area contributed by atoms with Crippen LogP contribution in [0.15, 0.2) is 29.2 Å². The molecule has 1 aromatic heterocycles. The van der Waals surface area contributed by atoms with Crippen LogP contribution in [0.5, 0.6) is 11.5 Å². The second kappa shape index (κ2) is 5.38. The first-order chi connectivity index (χ1) is 8.65. The molecule has 0 aliphatic carbocycles. The molecule has 0 bridgehead atoms. The van der Waals surface area contributed by atoms with Crippen molar-refractivity contribution in [1.82, 2.24) is 9.97 Å². The summed E-state index contributed by atoms with van der Waals surface area (Å²) in [7, 11) is 3.14. The number of hydrogen-bond donors (Lipinski definition) is 1. The average molecular weight is 358 g/mol. The molecule has 94 valence electrons. The van der Waals surface area contributed by atoms with Gasteiger partial charge in [0, 0.05) is 6.20 Å². The molecule has 0 aliphatic heterocycles.